The minimum absolute atomic E-state index is 0.0290. The van der Waals surface area contributed by atoms with Gasteiger partial charge >= 0.3 is 0 Å². The first kappa shape index (κ1) is 15.8. The maximum atomic E-state index is 11.9. The van der Waals surface area contributed by atoms with Crippen LogP contribution in [0.2, 0.25) is 5.02 Å². The van der Waals surface area contributed by atoms with Crippen LogP contribution in [0.25, 0.3) is 0 Å². The number of benzene rings is 1. The Morgan fingerprint density at radius 2 is 1.94 bits per heavy atom. The Hall–Kier alpha value is -0.270. The highest BCUT2D eigenvalue weighted by Crippen LogP contribution is 2.15. The lowest BCUT2D eigenvalue weighted by Gasteiger charge is -2.22. The Morgan fingerprint density at radius 3 is 2.44 bits per heavy atom. The van der Waals surface area contributed by atoms with E-state index in [4.69, 9.17) is 11.6 Å². The Labute approximate surface area is 117 Å². The Balaban J connectivity index is 2.74. The monoisotopic (exact) mass is 309 g/mol. The highest BCUT2D eigenvalue weighted by atomic mass is 35.5. The molecule has 1 rings (SSSR count). The summed E-state index contributed by atoms with van der Waals surface area (Å²) >= 11 is 7.15. The molecule has 4 nitrogen and oxygen atoms in total. The molecule has 0 saturated heterocycles. The quantitative estimate of drug-likeness (QED) is 0.840. The summed E-state index contributed by atoms with van der Waals surface area (Å²) in [4.78, 5) is 0.131. The van der Waals surface area contributed by atoms with Gasteiger partial charge in [-0.1, -0.05) is 11.6 Å². The zero-order valence-electron chi connectivity index (χ0n) is 10.2. The van der Waals surface area contributed by atoms with Crippen LogP contribution in [0.3, 0.4) is 0 Å². The van der Waals surface area contributed by atoms with E-state index in [1.165, 1.54) is 36.0 Å². The van der Waals surface area contributed by atoms with E-state index in [2.05, 4.69) is 4.72 Å². The van der Waals surface area contributed by atoms with Crippen molar-refractivity contribution >= 4 is 33.4 Å². The highest BCUT2D eigenvalue weighted by Gasteiger charge is 2.23. The predicted octanol–water partition coefficient (Wildman–Crippen LogP) is 1.73. The molecule has 0 amide bonds. The first-order chi connectivity index (χ1) is 8.27. The minimum atomic E-state index is -3.61. The summed E-state index contributed by atoms with van der Waals surface area (Å²) in [5.74, 6) is 0.455. The molecule has 102 valence electrons. The smallest absolute Gasteiger partial charge is 0.240 e. The average molecular weight is 310 g/mol. The summed E-state index contributed by atoms with van der Waals surface area (Å²) in [6.07, 6.45) is 1.85. The fourth-order valence-electron chi connectivity index (χ4n) is 1.31. The van der Waals surface area contributed by atoms with Crippen LogP contribution in [0, 0.1) is 0 Å². The Kier molecular flexibility index (Phi) is 5.48. The lowest BCUT2D eigenvalue weighted by Crippen LogP contribution is -2.42. The van der Waals surface area contributed by atoms with Gasteiger partial charge in [-0.15, -0.1) is 0 Å². The van der Waals surface area contributed by atoms with Crippen molar-refractivity contribution in [1.82, 2.24) is 4.72 Å². The summed E-state index contributed by atoms with van der Waals surface area (Å²) in [5.41, 5.74) is -1.07. The van der Waals surface area contributed by atoms with Gasteiger partial charge in [0.1, 0.15) is 0 Å². The second-order valence-electron chi connectivity index (χ2n) is 4.21. The summed E-state index contributed by atoms with van der Waals surface area (Å²) in [5, 5.41) is 10.4. The van der Waals surface area contributed by atoms with Crippen LogP contribution in [0.1, 0.15) is 6.92 Å². The molecule has 0 radical (unpaired) electrons. The normalized spacial score (nSPS) is 15.3. The van der Waals surface area contributed by atoms with Crippen LogP contribution < -0.4 is 4.72 Å². The van der Waals surface area contributed by atoms with Crippen LogP contribution >= 0.6 is 23.4 Å². The zero-order valence-corrected chi connectivity index (χ0v) is 12.6. The van der Waals surface area contributed by atoms with Crippen LogP contribution in [0.5, 0.6) is 0 Å². The van der Waals surface area contributed by atoms with Crippen molar-refractivity contribution in [2.45, 2.75) is 17.4 Å². The van der Waals surface area contributed by atoms with E-state index < -0.39 is 15.6 Å². The molecule has 0 spiro atoms. The predicted molar refractivity (Wildman–Crippen MR) is 75.6 cm³/mol. The van der Waals surface area contributed by atoms with Crippen LogP contribution in [0.15, 0.2) is 29.2 Å². The van der Waals surface area contributed by atoms with Gasteiger partial charge in [0.2, 0.25) is 10.0 Å². The maximum absolute atomic E-state index is 11.9. The molecule has 7 heteroatoms. The third kappa shape index (κ3) is 4.78. The van der Waals surface area contributed by atoms with Gasteiger partial charge in [0.15, 0.2) is 0 Å². The van der Waals surface area contributed by atoms with Gasteiger partial charge in [0, 0.05) is 17.3 Å². The topological polar surface area (TPSA) is 66.4 Å². The van der Waals surface area contributed by atoms with Gasteiger partial charge in [0.25, 0.3) is 0 Å². The molecule has 0 bridgehead atoms. The fraction of sp³-hybridized carbons (Fsp3) is 0.455. The number of thioether (sulfide) groups is 1. The molecular formula is C11H16ClNO3S2. The van der Waals surface area contributed by atoms with Crippen molar-refractivity contribution < 1.29 is 13.5 Å². The molecule has 2 N–H and O–H groups in total. The zero-order chi connectivity index (χ0) is 13.8. The SMILES string of the molecule is CSC[C@](C)(O)CNS(=O)(=O)c1ccc(Cl)cc1. The molecule has 0 heterocycles. The van der Waals surface area contributed by atoms with Crippen molar-refractivity contribution in [3.05, 3.63) is 29.3 Å². The van der Waals surface area contributed by atoms with E-state index in [0.29, 0.717) is 10.8 Å². The molecule has 1 aromatic rings. The number of hydrogen-bond acceptors (Lipinski definition) is 4. The first-order valence-electron chi connectivity index (χ1n) is 5.23. The number of sulfonamides is 1. The number of aliphatic hydroxyl groups is 1. The number of hydrogen-bond donors (Lipinski definition) is 2. The van der Waals surface area contributed by atoms with E-state index in [-0.39, 0.29) is 11.4 Å². The van der Waals surface area contributed by atoms with Crippen molar-refractivity contribution in [3.8, 4) is 0 Å². The van der Waals surface area contributed by atoms with Gasteiger partial charge in [-0.25, -0.2) is 13.1 Å². The van der Waals surface area contributed by atoms with Crippen LogP contribution in [-0.4, -0.2) is 37.7 Å². The summed E-state index contributed by atoms with van der Waals surface area (Å²) in [6.45, 7) is 1.56. The van der Waals surface area contributed by atoms with E-state index in [1.54, 1.807) is 6.92 Å². The molecular weight excluding hydrogens is 294 g/mol. The highest BCUT2D eigenvalue weighted by molar-refractivity contribution is 7.98. The molecule has 0 aliphatic rings. The van der Waals surface area contributed by atoms with Gasteiger partial charge in [-0.2, -0.15) is 11.8 Å². The number of nitrogens with one attached hydrogen (secondary N) is 1. The van der Waals surface area contributed by atoms with Gasteiger partial charge in [-0.05, 0) is 37.4 Å². The van der Waals surface area contributed by atoms with E-state index in [1.807, 2.05) is 6.26 Å². The molecule has 0 unspecified atom stereocenters. The summed E-state index contributed by atoms with van der Waals surface area (Å²) in [7, 11) is -3.61. The molecule has 1 aromatic carbocycles. The molecule has 0 saturated carbocycles. The molecule has 0 aliphatic heterocycles. The Bertz CT molecular complexity index is 486. The molecule has 0 aliphatic carbocycles. The van der Waals surface area contributed by atoms with Crippen molar-refractivity contribution in [1.29, 1.82) is 0 Å². The third-order valence-corrected chi connectivity index (χ3v) is 4.80. The van der Waals surface area contributed by atoms with Crippen LogP contribution in [0.4, 0.5) is 0 Å². The van der Waals surface area contributed by atoms with Gasteiger partial charge in [0.05, 0.1) is 10.5 Å². The average Bonchev–Trinajstić information content (AvgIpc) is 2.27. The first-order valence-corrected chi connectivity index (χ1v) is 8.49. The minimum Gasteiger partial charge on any atom is -0.388 e. The second kappa shape index (κ2) is 6.25. The van der Waals surface area contributed by atoms with Gasteiger partial charge in [-0.3, -0.25) is 0 Å². The number of halogens is 1. The number of rotatable bonds is 6. The van der Waals surface area contributed by atoms with Crippen molar-refractivity contribution in [2.24, 2.45) is 0 Å². The van der Waals surface area contributed by atoms with E-state index in [0.717, 1.165) is 0 Å². The molecule has 0 fully saturated rings. The summed E-state index contributed by atoms with van der Waals surface area (Å²) < 4.78 is 26.2. The van der Waals surface area contributed by atoms with Crippen molar-refractivity contribution in [3.63, 3.8) is 0 Å². The van der Waals surface area contributed by atoms with Gasteiger partial charge < -0.3 is 5.11 Å². The molecule has 1 atom stereocenters. The van der Waals surface area contributed by atoms with Crippen LogP contribution in [-0.2, 0) is 10.0 Å². The van der Waals surface area contributed by atoms with E-state index in [9.17, 15) is 13.5 Å². The Morgan fingerprint density at radius 1 is 1.39 bits per heavy atom. The largest absolute Gasteiger partial charge is 0.388 e. The second-order valence-corrected chi connectivity index (χ2v) is 7.28. The van der Waals surface area contributed by atoms with E-state index >= 15 is 0 Å². The standard InChI is InChI=1S/C11H16ClNO3S2/c1-11(14,8-17-2)7-13-18(15,16)10-5-3-9(12)4-6-10/h3-6,13-14H,7-8H2,1-2H3/t11-/m1/s1. The lowest BCUT2D eigenvalue weighted by molar-refractivity contribution is 0.0908. The molecule has 18 heavy (non-hydrogen) atoms. The van der Waals surface area contributed by atoms with Crippen molar-refractivity contribution in [2.75, 3.05) is 18.6 Å². The maximum Gasteiger partial charge on any atom is 0.240 e. The fourth-order valence-corrected chi connectivity index (χ4v) is 3.32. The lowest BCUT2D eigenvalue weighted by atomic mass is 10.1. The third-order valence-electron chi connectivity index (χ3n) is 2.22. The molecule has 0 aromatic heterocycles. The summed E-state index contributed by atoms with van der Waals surface area (Å²) in [6, 6.07) is 5.87.